The molecular formula is C16H21FN2O3. The molecule has 120 valence electrons. The van der Waals surface area contributed by atoms with Crippen LogP contribution in [0, 0.1) is 11.7 Å². The fourth-order valence-corrected chi connectivity index (χ4v) is 2.66. The molecule has 2 amide bonds. The Hall–Kier alpha value is -1.95. The lowest BCUT2D eigenvalue weighted by atomic mass is 10.1. The molecule has 2 rings (SSSR count). The van der Waals surface area contributed by atoms with E-state index in [1.165, 1.54) is 12.1 Å². The molecule has 3 N–H and O–H groups in total. The summed E-state index contributed by atoms with van der Waals surface area (Å²) in [6.45, 7) is 0.625. The van der Waals surface area contributed by atoms with Crippen molar-refractivity contribution in [3.63, 3.8) is 0 Å². The number of halogens is 1. The molecule has 0 saturated heterocycles. The Kier molecular flexibility index (Phi) is 5.89. The smallest absolute Gasteiger partial charge is 0.225 e. The number of rotatable bonds is 6. The minimum atomic E-state index is -0.553. The van der Waals surface area contributed by atoms with Crippen LogP contribution >= 0.6 is 0 Å². The molecule has 2 atom stereocenters. The number of hydrogen-bond donors (Lipinski definition) is 3. The minimum Gasteiger partial charge on any atom is -0.392 e. The molecule has 0 aromatic heterocycles. The number of aliphatic hydroxyl groups excluding tert-OH is 1. The first-order valence-corrected chi connectivity index (χ1v) is 7.53. The van der Waals surface area contributed by atoms with Crippen LogP contribution in [0.25, 0.3) is 0 Å². The highest BCUT2D eigenvalue weighted by molar-refractivity contribution is 5.80. The lowest BCUT2D eigenvalue weighted by Crippen LogP contribution is -2.39. The first kappa shape index (κ1) is 16.4. The monoisotopic (exact) mass is 308 g/mol. The average molecular weight is 308 g/mol. The third kappa shape index (κ3) is 4.80. The Morgan fingerprint density at radius 3 is 2.68 bits per heavy atom. The number of benzene rings is 1. The van der Waals surface area contributed by atoms with Gasteiger partial charge in [-0.3, -0.25) is 9.59 Å². The summed E-state index contributed by atoms with van der Waals surface area (Å²) < 4.78 is 13.0. The Balaban J connectivity index is 1.64. The van der Waals surface area contributed by atoms with Gasteiger partial charge in [0, 0.05) is 13.1 Å². The quantitative estimate of drug-likeness (QED) is 0.679. The van der Waals surface area contributed by atoms with Gasteiger partial charge in [0.15, 0.2) is 0 Å². The van der Waals surface area contributed by atoms with Crippen LogP contribution in [-0.4, -0.2) is 36.1 Å². The van der Waals surface area contributed by atoms with Gasteiger partial charge >= 0.3 is 0 Å². The molecule has 0 bridgehead atoms. The van der Waals surface area contributed by atoms with E-state index in [1.807, 2.05) is 0 Å². The van der Waals surface area contributed by atoms with E-state index < -0.39 is 6.10 Å². The third-order valence-electron chi connectivity index (χ3n) is 3.82. The highest BCUT2D eigenvalue weighted by Gasteiger charge is 2.30. The van der Waals surface area contributed by atoms with Gasteiger partial charge in [0.1, 0.15) is 5.82 Å². The molecule has 2 unspecified atom stereocenters. The number of aliphatic hydroxyl groups is 1. The van der Waals surface area contributed by atoms with Gasteiger partial charge in [-0.25, -0.2) is 4.39 Å². The lowest BCUT2D eigenvalue weighted by Gasteiger charge is -2.14. The fourth-order valence-electron chi connectivity index (χ4n) is 2.66. The molecule has 1 saturated carbocycles. The Morgan fingerprint density at radius 1 is 1.23 bits per heavy atom. The van der Waals surface area contributed by atoms with Crippen molar-refractivity contribution in [2.24, 2.45) is 5.92 Å². The summed E-state index contributed by atoms with van der Waals surface area (Å²) in [6.07, 6.45) is 1.79. The number of hydrogen-bond acceptors (Lipinski definition) is 3. The molecule has 1 aromatic carbocycles. The Morgan fingerprint density at radius 2 is 2.00 bits per heavy atom. The van der Waals surface area contributed by atoms with E-state index in [9.17, 15) is 19.1 Å². The van der Waals surface area contributed by atoms with E-state index in [0.717, 1.165) is 6.42 Å². The zero-order valence-corrected chi connectivity index (χ0v) is 12.3. The normalized spacial score (nSPS) is 20.6. The predicted octanol–water partition coefficient (Wildman–Crippen LogP) is 0.762. The van der Waals surface area contributed by atoms with E-state index in [0.29, 0.717) is 31.5 Å². The van der Waals surface area contributed by atoms with Crippen LogP contribution in [0.3, 0.4) is 0 Å². The van der Waals surface area contributed by atoms with Gasteiger partial charge in [0.25, 0.3) is 0 Å². The molecular weight excluding hydrogens is 287 g/mol. The second-order valence-corrected chi connectivity index (χ2v) is 5.55. The highest BCUT2D eigenvalue weighted by Crippen LogP contribution is 2.25. The van der Waals surface area contributed by atoms with E-state index >= 15 is 0 Å². The molecule has 1 aromatic rings. The topological polar surface area (TPSA) is 78.4 Å². The third-order valence-corrected chi connectivity index (χ3v) is 3.82. The standard InChI is InChI=1S/C16H21FN2O3/c17-12-4-1-3-11(9-12)10-15(21)18-7-8-19-16(22)13-5-2-6-14(13)20/h1,3-4,9,13-14,20H,2,5-8,10H2,(H,18,21)(H,19,22). The van der Waals surface area contributed by atoms with Crippen molar-refractivity contribution in [2.45, 2.75) is 31.8 Å². The summed E-state index contributed by atoms with van der Waals surface area (Å²) in [4.78, 5) is 23.5. The van der Waals surface area contributed by atoms with Crippen LogP contribution in [0.1, 0.15) is 24.8 Å². The van der Waals surface area contributed by atoms with Crippen molar-refractivity contribution >= 4 is 11.8 Å². The summed E-state index contributed by atoms with van der Waals surface area (Å²) >= 11 is 0. The molecule has 0 aliphatic heterocycles. The van der Waals surface area contributed by atoms with E-state index in [2.05, 4.69) is 10.6 Å². The minimum absolute atomic E-state index is 0.104. The maximum atomic E-state index is 13.0. The van der Waals surface area contributed by atoms with Gasteiger partial charge in [-0.05, 0) is 37.0 Å². The number of amides is 2. The summed E-state index contributed by atoms with van der Waals surface area (Å²) in [5.41, 5.74) is 0.607. The van der Waals surface area contributed by atoms with Crippen LogP contribution in [0.4, 0.5) is 4.39 Å². The van der Waals surface area contributed by atoms with Crippen LogP contribution in [0.15, 0.2) is 24.3 Å². The van der Waals surface area contributed by atoms with Crippen LogP contribution in [0.2, 0.25) is 0 Å². The van der Waals surface area contributed by atoms with Gasteiger partial charge in [-0.1, -0.05) is 12.1 Å². The summed E-state index contributed by atoms with van der Waals surface area (Å²) in [5, 5.41) is 15.0. The SMILES string of the molecule is O=C(Cc1cccc(F)c1)NCCNC(=O)C1CCCC1O. The molecule has 0 radical (unpaired) electrons. The molecule has 22 heavy (non-hydrogen) atoms. The van der Waals surface area contributed by atoms with Crippen molar-refractivity contribution in [1.82, 2.24) is 10.6 Å². The first-order chi connectivity index (χ1) is 10.6. The van der Waals surface area contributed by atoms with Gasteiger partial charge in [0.05, 0.1) is 18.4 Å². The molecule has 0 heterocycles. The fraction of sp³-hybridized carbons (Fsp3) is 0.500. The van der Waals surface area contributed by atoms with Crippen LogP contribution in [-0.2, 0) is 16.0 Å². The second kappa shape index (κ2) is 7.89. The highest BCUT2D eigenvalue weighted by atomic mass is 19.1. The summed E-state index contributed by atoms with van der Waals surface area (Å²) in [5.74, 6) is -1.08. The average Bonchev–Trinajstić information content (AvgIpc) is 2.89. The van der Waals surface area contributed by atoms with Gasteiger partial charge in [-0.15, -0.1) is 0 Å². The molecule has 1 aliphatic rings. The maximum Gasteiger partial charge on any atom is 0.225 e. The molecule has 1 aliphatic carbocycles. The predicted molar refractivity (Wildman–Crippen MR) is 79.5 cm³/mol. The molecule has 6 heteroatoms. The van der Waals surface area contributed by atoms with Crippen molar-refractivity contribution in [1.29, 1.82) is 0 Å². The zero-order valence-electron chi connectivity index (χ0n) is 12.3. The first-order valence-electron chi connectivity index (χ1n) is 7.53. The molecule has 5 nitrogen and oxygen atoms in total. The van der Waals surface area contributed by atoms with Gasteiger partial charge in [-0.2, -0.15) is 0 Å². The summed E-state index contributed by atoms with van der Waals surface area (Å²) in [7, 11) is 0. The van der Waals surface area contributed by atoms with Crippen molar-refractivity contribution in [2.75, 3.05) is 13.1 Å². The number of carbonyl (C=O) groups excluding carboxylic acids is 2. The second-order valence-electron chi connectivity index (χ2n) is 5.55. The van der Waals surface area contributed by atoms with Crippen molar-refractivity contribution in [3.05, 3.63) is 35.6 Å². The number of carbonyl (C=O) groups is 2. The van der Waals surface area contributed by atoms with Gasteiger partial charge in [0.2, 0.25) is 11.8 Å². The molecule has 1 fully saturated rings. The zero-order chi connectivity index (χ0) is 15.9. The van der Waals surface area contributed by atoms with E-state index in [-0.39, 0.29) is 30.0 Å². The van der Waals surface area contributed by atoms with Crippen LogP contribution < -0.4 is 10.6 Å². The molecule has 0 spiro atoms. The van der Waals surface area contributed by atoms with E-state index in [1.54, 1.807) is 12.1 Å². The lowest BCUT2D eigenvalue weighted by molar-refractivity contribution is -0.127. The maximum absolute atomic E-state index is 13.0. The van der Waals surface area contributed by atoms with Crippen molar-refractivity contribution in [3.8, 4) is 0 Å². The van der Waals surface area contributed by atoms with E-state index in [4.69, 9.17) is 0 Å². The number of nitrogens with one attached hydrogen (secondary N) is 2. The van der Waals surface area contributed by atoms with Gasteiger partial charge < -0.3 is 15.7 Å². The largest absolute Gasteiger partial charge is 0.392 e. The Bertz CT molecular complexity index is 536. The Labute approximate surface area is 128 Å². The summed E-state index contributed by atoms with van der Waals surface area (Å²) in [6, 6.07) is 5.90. The van der Waals surface area contributed by atoms with Crippen molar-refractivity contribution < 1.29 is 19.1 Å². The van der Waals surface area contributed by atoms with Crippen LogP contribution in [0.5, 0.6) is 0 Å².